The quantitative estimate of drug-likeness (QED) is 0.575. The van der Waals surface area contributed by atoms with Crippen molar-refractivity contribution in [2.24, 2.45) is 7.05 Å². The lowest BCUT2D eigenvalue weighted by Crippen LogP contribution is -2.45. The van der Waals surface area contributed by atoms with Crippen molar-refractivity contribution in [1.82, 2.24) is 14.4 Å². The summed E-state index contributed by atoms with van der Waals surface area (Å²) in [6, 6.07) is 16.0. The molecule has 1 aliphatic rings. The molecular formula is C27H32ClN3O2. The number of carbonyl (C=O) groups excluding carboxylic acids is 1. The van der Waals surface area contributed by atoms with Crippen LogP contribution in [-0.2, 0) is 26.6 Å². The highest BCUT2D eigenvalue weighted by atomic mass is 35.5. The van der Waals surface area contributed by atoms with Gasteiger partial charge in [-0.05, 0) is 81.4 Å². The summed E-state index contributed by atoms with van der Waals surface area (Å²) < 4.78 is 2.02. The molecule has 0 aliphatic carbocycles. The van der Waals surface area contributed by atoms with E-state index < -0.39 is 0 Å². The zero-order valence-electron chi connectivity index (χ0n) is 19.8. The number of nitrogens with zero attached hydrogens (tertiary/aromatic N) is 3. The van der Waals surface area contributed by atoms with Crippen LogP contribution in [0, 0.1) is 6.92 Å². The van der Waals surface area contributed by atoms with Gasteiger partial charge in [0, 0.05) is 47.2 Å². The first-order valence-electron chi connectivity index (χ1n) is 11.4. The average Bonchev–Trinajstić information content (AvgIpc) is 3.10. The third kappa shape index (κ3) is 4.72. The second kappa shape index (κ2) is 9.72. The van der Waals surface area contributed by atoms with Gasteiger partial charge in [0.1, 0.15) is 0 Å². The molecule has 6 heteroatoms. The van der Waals surface area contributed by atoms with Crippen molar-refractivity contribution < 1.29 is 9.90 Å². The lowest BCUT2D eigenvalue weighted by molar-refractivity contribution is 0.0621. The molecular weight excluding hydrogens is 434 g/mol. The van der Waals surface area contributed by atoms with Crippen LogP contribution in [0.3, 0.4) is 0 Å². The van der Waals surface area contributed by atoms with Crippen molar-refractivity contribution in [3.05, 3.63) is 81.5 Å². The smallest absolute Gasteiger partial charge is 0.255 e. The molecule has 2 aromatic carbocycles. The lowest BCUT2D eigenvalue weighted by Gasteiger charge is -2.38. The van der Waals surface area contributed by atoms with Crippen LogP contribution >= 0.6 is 11.6 Å². The van der Waals surface area contributed by atoms with Crippen LogP contribution in [0.15, 0.2) is 48.5 Å². The lowest BCUT2D eigenvalue weighted by atomic mass is 9.91. The average molecular weight is 466 g/mol. The highest BCUT2D eigenvalue weighted by Crippen LogP contribution is 2.33. The molecule has 0 fully saturated rings. The van der Waals surface area contributed by atoms with E-state index in [1.165, 1.54) is 11.1 Å². The van der Waals surface area contributed by atoms with E-state index in [0.717, 1.165) is 41.9 Å². The highest BCUT2D eigenvalue weighted by molar-refractivity contribution is 6.31. The number of rotatable bonds is 6. The van der Waals surface area contributed by atoms with Gasteiger partial charge >= 0.3 is 0 Å². The van der Waals surface area contributed by atoms with Gasteiger partial charge in [-0.2, -0.15) is 0 Å². The van der Waals surface area contributed by atoms with E-state index in [4.69, 9.17) is 11.6 Å². The topological polar surface area (TPSA) is 48.7 Å². The van der Waals surface area contributed by atoms with Crippen molar-refractivity contribution >= 4 is 17.5 Å². The molecule has 0 bridgehead atoms. The first-order valence-corrected chi connectivity index (χ1v) is 11.8. The molecule has 33 heavy (non-hydrogen) atoms. The summed E-state index contributed by atoms with van der Waals surface area (Å²) in [5.41, 5.74) is 6.67. The molecule has 1 aliphatic heterocycles. The molecule has 2 heterocycles. The van der Waals surface area contributed by atoms with Crippen LogP contribution in [0.1, 0.15) is 39.2 Å². The van der Waals surface area contributed by atoms with Crippen LogP contribution in [0.5, 0.6) is 0 Å². The fourth-order valence-corrected chi connectivity index (χ4v) is 4.91. The molecule has 4 rings (SSSR count). The van der Waals surface area contributed by atoms with Crippen LogP contribution in [0.25, 0.3) is 11.3 Å². The normalized spacial score (nSPS) is 15.7. The summed E-state index contributed by atoms with van der Waals surface area (Å²) in [5, 5.41) is 10.3. The van der Waals surface area contributed by atoms with Gasteiger partial charge in [0.25, 0.3) is 5.91 Å². The largest absolute Gasteiger partial charge is 0.392 e. The summed E-state index contributed by atoms with van der Waals surface area (Å²) in [5.74, 6) is 0.0179. The Balaban J connectivity index is 1.76. The van der Waals surface area contributed by atoms with Gasteiger partial charge < -0.3 is 19.5 Å². The van der Waals surface area contributed by atoms with Gasteiger partial charge in [-0.1, -0.05) is 35.9 Å². The molecule has 3 aromatic rings. The van der Waals surface area contributed by atoms with E-state index in [0.29, 0.717) is 17.1 Å². The van der Waals surface area contributed by atoms with Crippen LogP contribution in [0.4, 0.5) is 0 Å². The number of fused-ring (bicyclic) bond motifs is 1. The molecule has 0 spiro atoms. The Hall–Kier alpha value is -2.60. The zero-order valence-corrected chi connectivity index (χ0v) is 20.6. The minimum atomic E-state index is -0.0426. The van der Waals surface area contributed by atoms with Gasteiger partial charge in [0.05, 0.1) is 6.61 Å². The van der Waals surface area contributed by atoms with Crippen LogP contribution in [0.2, 0.25) is 5.02 Å². The predicted molar refractivity (Wildman–Crippen MR) is 133 cm³/mol. The van der Waals surface area contributed by atoms with E-state index in [2.05, 4.69) is 37.2 Å². The van der Waals surface area contributed by atoms with E-state index >= 15 is 0 Å². The number of benzene rings is 2. The number of hydrogen-bond acceptors (Lipinski definition) is 3. The summed E-state index contributed by atoms with van der Waals surface area (Å²) in [4.78, 5) is 18.2. The Bertz CT molecular complexity index is 1170. The number of amides is 1. The maximum Gasteiger partial charge on any atom is 0.255 e. The highest BCUT2D eigenvalue weighted by Gasteiger charge is 2.31. The Morgan fingerprint density at radius 3 is 2.55 bits per heavy atom. The molecule has 0 saturated carbocycles. The van der Waals surface area contributed by atoms with Gasteiger partial charge in [-0.15, -0.1) is 0 Å². The molecule has 1 atom stereocenters. The molecule has 1 N–H and O–H groups in total. The fourth-order valence-electron chi connectivity index (χ4n) is 4.74. The first-order chi connectivity index (χ1) is 15.8. The Morgan fingerprint density at radius 2 is 1.88 bits per heavy atom. The Kier molecular flexibility index (Phi) is 6.94. The van der Waals surface area contributed by atoms with Gasteiger partial charge in [0.15, 0.2) is 0 Å². The number of hydrogen-bond donors (Lipinski definition) is 1. The van der Waals surface area contributed by atoms with E-state index in [9.17, 15) is 9.90 Å². The van der Waals surface area contributed by atoms with Crippen molar-refractivity contribution in [3.8, 4) is 11.3 Å². The van der Waals surface area contributed by atoms with E-state index in [1.807, 2.05) is 47.7 Å². The van der Waals surface area contributed by atoms with Crippen molar-refractivity contribution in [2.45, 2.75) is 39.0 Å². The van der Waals surface area contributed by atoms with Crippen LogP contribution < -0.4 is 0 Å². The summed E-state index contributed by atoms with van der Waals surface area (Å²) in [7, 11) is 6.09. The van der Waals surface area contributed by atoms with Gasteiger partial charge in [-0.25, -0.2) is 0 Å². The summed E-state index contributed by atoms with van der Waals surface area (Å²) in [6.45, 7) is 3.45. The van der Waals surface area contributed by atoms with Gasteiger partial charge in [-0.3, -0.25) is 4.79 Å². The fraction of sp³-hybridized carbons (Fsp3) is 0.370. The first kappa shape index (κ1) is 23.6. The monoisotopic (exact) mass is 465 g/mol. The standard InChI is InChI=1S/C27H32ClN3O2/c1-18-21(17-32)14-26(30(18)4)25-15-22(28)9-10-24(25)27(33)31-16-20-8-6-5-7-19(20)13-23(31)11-12-29(2)3/h5-10,14-15,23,32H,11-13,16-17H2,1-4H3/t23-/m1/s1. The number of halogens is 1. The Labute approximate surface area is 201 Å². The molecule has 1 amide bonds. The van der Waals surface area contributed by atoms with E-state index in [-0.39, 0.29) is 18.6 Å². The third-order valence-electron chi connectivity index (χ3n) is 6.82. The molecule has 0 saturated heterocycles. The number of aromatic nitrogens is 1. The maximum atomic E-state index is 14.1. The van der Waals surface area contributed by atoms with Crippen LogP contribution in [-0.4, -0.2) is 52.1 Å². The van der Waals surface area contributed by atoms with Crippen molar-refractivity contribution in [3.63, 3.8) is 0 Å². The number of aliphatic hydroxyl groups is 1. The minimum Gasteiger partial charge on any atom is -0.392 e. The molecule has 174 valence electrons. The zero-order chi connectivity index (χ0) is 23.7. The molecule has 0 unspecified atom stereocenters. The number of carbonyl (C=O) groups is 1. The van der Waals surface area contributed by atoms with Gasteiger partial charge in [0.2, 0.25) is 0 Å². The molecule has 1 aromatic heterocycles. The SMILES string of the molecule is Cc1c(CO)cc(-c2cc(Cl)ccc2C(=O)N2Cc3ccccc3C[C@H]2CCN(C)C)n1C. The second-order valence-electron chi connectivity index (χ2n) is 9.20. The summed E-state index contributed by atoms with van der Waals surface area (Å²) in [6.07, 6.45) is 1.77. The van der Waals surface area contributed by atoms with E-state index in [1.54, 1.807) is 6.07 Å². The predicted octanol–water partition coefficient (Wildman–Crippen LogP) is 4.67. The number of aliphatic hydroxyl groups excluding tert-OH is 1. The summed E-state index contributed by atoms with van der Waals surface area (Å²) >= 11 is 6.38. The van der Waals surface area contributed by atoms with Crippen molar-refractivity contribution in [2.75, 3.05) is 20.6 Å². The third-order valence-corrected chi connectivity index (χ3v) is 7.06. The maximum absolute atomic E-state index is 14.1. The molecule has 5 nitrogen and oxygen atoms in total. The Morgan fingerprint density at radius 1 is 1.15 bits per heavy atom. The second-order valence-corrected chi connectivity index (χ2v) is 9.64. The van der Waals surface area contributed by atoms with Crippen molar-refractivity contribution in [1.29, 1.82) is 0 Å². The molecule has 0 radical (unpaired) electrons. The minimum absolute atomic E-state index is 0.0179.